The maximum atomic E-state index is 2.16. The SMILES string of the molecule is CC[c-]1cccc1.Cc1ccc[c-]1C.[Cl-].[Cl-].[Zr+4]. The molecule has 0 radical (unpaired) electrons. The van der Waals surface area contributed by atoms with E-state index in [0.717, 1.165) is 6.42 Å². The zero-order valence-electron chi connectivity index (χ0n) is 10.5. The van der Waals surface area contributed by atoms with E-state index in [1.54, 1.807) is 0 Å². The molecule has 0 fully saturated rings. The van der Waals surface area contributed by atoms with Crippen LogP contribution in [0.15, 0.2) is 42.5 Å². The number of hydrogen-bond donors (Lipinski definition) is 0. The average Bonchev–Trinajstić information content (AvgIpc) is 2.80. The van der Waals surface area contributed by atoms with Crippen LogP contribution in [-0.4, -0.2) is 0 Å². The number of hydrogen-bond acceptors (Lipinski definition) is 0. The monoisotopic (exact) mass is 346 g/mol. The molecule has 0 spiro atoms. The van der Waals surface area contributed by atoms with Crippen LogP contribution in [0.25, 0.3) is 0 Å². The van der Waals surface area contributed by atoms with Crippen molar-refractivity contribution in [1.82, 2.24) is 0 Å². The smallest absolute Gasteiger partial charge is 1.00 e. The fraction of sp³-hybridized carbons (Fsp3) is 0.286. The first kappa shape index (κ1) is 22.4. The Hall–Kier alpha value is 0.163. The molecule has 0 saturated heterocycles. The van der Waals surface area contributed by atoms with Crippen LogP contribution in [0.3, 0.4) is 0 Å². The predicted octanol–water partition coefficient (Wildman–Crippen LogP) is -2.00. The van der Waals surface area contributed by atoms with Gasteiger partial charge in [-0.1, -0.05) is 27.2 Å². The van der Waals surface area contributed by atoms with Gasteiger partial charge in [0.1, 0.15) is 0 Å². The molecule has 17 heavy (non-hydrogen) atoms. The molecule has 0 unspecified atom stereocenters. The Kier molecular flexibility index (Phi) is 16.6. The van der Waals surface area contributed by atoms with E-state index < -0.39 is 0 Å². The van der Waals surface area contributed by atoms with Crippen molar-refractivity contribution >= 4 is 0 Å². The van der Waals surface area contributed by atoms with Gasteiger partial charge in [-0.25, -0.2) is 24.3 Å². The first-order valence-electron chi connectivity index (χ1n) is 5.13. The van der Waals surface area contributed by atoms with Crippen molar-refractivity contribution in [2.45, 2.75) is 27.2 Å². The van der Waals surface area contributed by atoms with Crippen molar-refractivity contribution in [3.8, 4) is 0 Å². The maximum Gasteiger partial charge on any atom is 4.00 e. The predicted molar refractivity (Wildman–Crippen MR) is 62.9 cm³/mol. The average molecular weight is 348 g/mol. The van der Waals surface area contributed by atoms with Crippen molar-refractivity contribution in [3.05, 3.63) is 59.2 Å². The normalized spacial score (nSPS) is 7.71. The molecule has 0 amide bonds. The van der Waals surface area contributed by atoms with Crippen molar-refractivity contribution in [2.75, 3.05) is 0 Å². The van der Waals surface area contributed by atoms with E-state index in [-0.39, 0.29) is 51.0 Å². The van der Waals surface area contributed by atoms with Crippen LogP contribution in [0.2, 0.25) is 0 Å². The molecule has 0 heterocycles. The molecule has 0 aliphatic heterocycles. The van der Waals surface area contributed by atoms with Gasteiger partial charge in [-0.2, -0.15) is 34.9 Å². The van der Waals surface area contributed by atoms with E-state index in [4.69, 9.17) is 0 Å². The third-order valence-corrected chi connectivity index (χ3v) is 2.45. The molecule has 92 valence electrons. The van der Waals surface area contributed by atoms with Gasteiger partial charge >= 0.3 is 26.2 Å². The standard InChI is InChI=1S/2C7H9.2ClH.Zr/c1-6-4-3-5-7(6)2;1-2-7-5-3-4-6-7;;;/h3-5H,1-2H3;3-6H,2H2,1H3;2*1H;/q2*-1;;;+4/p-2. The first-order chi connectivity index (χ1) is 6.74. The Balaban J connectivity index is -0.000000196. The van der Waals surface area contributed by atoms with Crippen LogP contribution in [0.5, 0.6) is 0 Å². The molecule has 2 aromatic rings. The quantitative estimate of drug-likeness (QED) is 0.523. The minimum atomic E-state index is 0. The van der Waals surface area contributed by atoms with Crippen molar-refractivity contribution < 1.29 is 51.0 Å². The Bertz CT molecular complexity index is 333. The van der Waals surface area contributed by atoms with E-state index in [0.29, 0.717) is 0 Å². The summed E-state index contributed by atoms with van der Waals surface area (Å²) in [4.78, 5) is 0. The largest absolute Gasteiger partial charge is 4.00 e. The Morgan fingerprint density at radius 2 is 1.53 bits per heavy atom. The maximum absolute atomic E-state index is 2.16. The second kappa shape index (κ2) is 12.6. The molecule has 0 saturated carbocycles. The Labute approximate surface area is 136 Å². The Morgan fingerprint density at radius 1 is 1.00 bits per heavy atom. The van der Waals surface area contributed by atoms with Crippen LogP contribution >= 0.6 is 0 Å². The van der Waals surface area contributed by atoms with Crippen LogP contribution in [0.1, 0.15) is 23.6 Å². The van der Waals surface area contributed by atoms with Gasteiger partial charge in [0.15, 0.2) is 0 Å². The van der Waals surface area contributed by atoms with Crippen LogP contribution in [0, 0.1) is 13.8 Å². The van der Waals surface area contributed by atoms with Gasteiger partial charge < -0.3 is 24.8 Å². The fourth-order valence-corrected chi connectivity index (χ4v) is 1.25. The first-order valence-corrected chi connectivity index (χ1v) is 5.13. The molecule has 0 bridgehead atoms. The van der Waals surface area contributed by atoms with Crippen molar-refractivity contribution in [3.63, 3.8) is 0 Å². The third kappa shape index (κ3) is 8.83. The molecule has 0 nitrogen and oxygen atoms in total. The van der Waals surface area contributed by atoms with E-state index in [1.165, 1.54) is 16.7 Å². The molecule has 0 N–H and O–H groups in total. The molecule has 0 aliphatic rings. The van der Waals surface area contributed by atoms with Crippen LogP contribution < -0.4 is 24.8 Å². The molecule has 0 aromatic heterocycles. The van der Waals surface area contributed by atoms with E-state index in [1.807, 2.05) is 0 Å². The zero-order valence-corrected chi connectivity index (χ0v) is 14.5. The number of rotatable bonds is 1. The van der Waals surface area contributed by atoms with Gasteiger partial charge in [0.05, 0.1) is 0 Å². The number of aryl methyl sites for hydroxylation is 3. The summed E-state index contributed by atoms with van der Waals surface area (Å²) in [6, 6.07) is 14.7. The van der Waals surface area contributed by atoms with Gasteiger partial charge in [-0.3, -0.25) is 0 Å². The minimum Gasteiger partial charge on any atom is -1.00 e. The van der Waals surface area contributed by atoms with E-state index in [9.17, 15) is 0 Å². The summed E-state index contributed by atoms with van der Waals surface area (Å²) >= 11 is 0. The Morgan fingerprint density at radius 3 is 1.71 bits per heavy atom. The van der Waals surface area contributed by atoms with Crippen LogP contribution in [-0.2, 0) is 32.6 Å². The second-order valence-corrected chi connectivity index (χ2v) is 3.54. The van der Waals surface area contributed by atoms with Gasteiger partial charge in [-0.05, 0) is 0 Å². The van der Waals surface area contributed by atoms with Crippen LogP contribution in [0.4, 0.5) is 0 Å². The third-order valence-electron chi connectivity index (χ3n) is 2.45. The minimum absolute atomic E-state index is 0. The molecule has 2 rings (SSSR count). The molecular formula is C14H18Cl2Zr. The van der Waals surface area contributed by atoms with Gasteiger partial charge in [0.25, 0.3) is 0 Å². The van der Waals surface area contributed by atoms with E-state index >= 15 is 0 Å². The summed E-state index contributed by atoms with van der Waals surface area (Å²) in [5.74, 6) is 0. The molecule has 3 heteroatoms. The number of halogens is 2. The summed E-state index contributed by atoms with van der Waals surface area (Å²) in [7, 11) is 0. The summed E-state index contributed by atoms with van der Waals surface area (Å²) in [5.41, 5.74) is 4.21. The molecule has 0 atom stereocenters. The topological polar surface area (TPSA) is 0 Å². The fourth-order valence-electron chi connectivity index (χ4n) is 1.25. The second-order valence-electron chi connectivity index (χ2n) is 3.54. The molecular weight excluding hydrogens is 330 g/mol. The summed E-state index contributed by atoms with van der Waals surface area (Å²) < 4.78 is 0. The van der Waals surface area contributed by atoms with Gasteiger partial charge in [0, 0.05) is 0 Å². The zero-order chi connectivity index (χ0) is 10.4. The van der Waals surface area contributed by atoms with Crippen molar-refractivity contribution in [2.24, 2.45) is 0 Å². The van der Waals surface area contributed by atoms with Crippen molar-refractivity contribution in [1.29, 1.82) is 0 Å². The molecule has 2 aromatic carbocycles. The summed E-state index contributed by atoms with van der Waals surface area (Å²) in [6.45, 7) is 6.40. The molecule has 0 aliphatic carbocycles. The van der Waals surface area contributed by atoms with E-state index in [2.05, 4.69) is 63.2 Å². The van der Waals surface area contributed by atoms with Gasteiger partial charge in [-0.15, -0.1) is 0 Å². The summed E-state index contributed by atoms with van der Waals surface area (Å²) in [5, 5.41) is 0. The summed E-state index contributed by atoms with van der Waals surface area (Å²) in [6.07, 6.45) is 1.16. The van der Waals surface area contributed by atoms with Gasteiger partial charge in [0.2, 0.25) is 0 Å².